The first-order valence-electron chi connectivity index (χ1n) is 15.7. The van der Waals surface area contributed by atoms with Crippen LogP contribution in [-0.2, 0) is 38.3 Å². The predicted octanol–water partition coefficient (Wildman–Crippen LogP) is -6.06. The van der Waals surface area contributed by atoms with E-state index in [1.54, 1.807) is 0 Å². The number of hydrogen-bond acceptors (Lipinski definition) is 15. The average Bonchev–Trinajstić information content (AvgIpc) is 3.08. The monoisotopic (exact) mass is 747 g/mol. The highest BCUT2D eigenvalue weighted by atomic mass is 32.2. The summed E-state index contributed by atoms with van der Waals surface area (Å²) in [5.74, 6) is -7.04. The zero-order valence-corrected chi connectivity index (χ0v) is 28.3. The number of aliphatic carboxylic acids is 2. The smallest absolute Gasteiger partial charge is 0.352 e. The molecule has 51 heavy (non-hydrogen) atoms. The van der Waals surface area contributed by atoms with E-state index in [9.17, 15) is 48.9 Å². The summed E-state index contributed by atoms with van der Waals surface area (Å²) in [6, 6.07) is -6.23. The molecule has 22 nitrogen and oxygen atoms in total. The molecule has 4 amide bonds. The van der Waals surface area contributed by atoms with Gasteiger partial charge in [0.05, 0.1) is 31.8 Å². The third-order valence-electron chi connectivity index (χ3n) is 7.69. The van der Waals surface area contributed by atoms with E-state index >= 15 is 0 Å². The van der Waals surface area contributed by atoms with E-state index in [0.717, 1.165) is 16.7 Å². The molecule has 2 heterocycles. The number of carboxylic acids is 2. The molecular weight excluding hydrogens is 702 g/mol. The van der Waals surface area contributed by atoms with Crippen molar-refractivity contribution < 1.29 is 63.8 Å². The summed E-state index contributed by atoms with van der Waals surface area (Å²) < 4.78 is 5.22. The van der Waals surface area contributed by atoms with Gasteiger partial charge in [0.25, 0.3) is 5.91 Å². The number of guanidine groups is 1. The number of nitrogens with one attached hydrogen (secondary N) is 3. The van der Waals surface area contributed by atoms with Gasteiger partial charge in [-0.25, -0.2) is 4.79 Å². The fourth-order valence-corrected chi connectivity index (χ4v) is 6.23. The van der Waals surface area contributed by atoms with Crippen LogP contribution in [0.15, 0.2) is 16.3 Å². The molecule has 1 fully saturated rings. The number of hydrogen-bond donors (Lipinski definition) is 12. The molecule has 0 spiro atoms. The van der Waals surface area contributed by atoms with Crippen LogP contribution in [0.5, 0.6) is 0 Å². The minimum Gasteiger partial charge on any atom is -0.480 e. The molecule has 0 aromatic heterocycles. The SMILES string of the molecule is NC(N)=NCCC[C@H](NC(=O)[C@H](CO)NC(=O)[C@@H](N)CO)[C@H](O)CC(=O)OCC1=C(C(=O)O)N2C(=O)[C@@H](NC(=O)CCC[C@@H](N)C(=O)O)[C@H]2SC1. The van der Waals surface area contributed by atoms with Gasteiger partial charge in [0.15, 0.2) is 5.96 Å². The summed E-state index contributed by atoms with van der Waals surface area (Å²) in [6.07, 6.45) is -1.98. The Morgan fingerprint density at radius 1 is 0.980 bits per heavy atom. The van der Waals surface area contributed by atoms with E-state index in [2.05, 4.69) is 20.9 Å². The number of nitrogens with zero attached hydrogens (tertiary/aromatic N) is 2. The minimum atomic E-state index is -1.59. The van der Waals surface area contributed by atoms with E-state index in [1.165, 1.54) is 0 Å². The number of aliphatic hydroxyl groups is 3. The second kappa shape index (κ2) is 20.3. The van der Waals surface area contributed by atoms with Crippen molar-refractivity contribution in [1.82, 2.24) is 20.9 Å². The Morgan fingerprint density at radius 2 is 1.67 bits per heavy atom. The first-order chi connectivity index (χ1) is 24.0. The maximum atomic E-state index is 12.9. The van der Waals surface area contributed by atoms with Crippen molar-refractivity contribution in [2.75, 3.05) is 32.1 Å². The first kappa shape index (κ1) is 42.6. The van der Waals surface area contributed by atoms with Crippen LogP contribution in [0.2, 0.25) is 0 Å². The number of carboxylic acid groups (broad SMARTS) is 2. The molecule has 0 radical (unpaired) electrons. The lowest BCUT2D eigenvalue weighted by Crippen LogP contribution is -2.70. The van der Waals surface area contributed by atoms with E-state index in [1.807, 2.05) is 0 Å². The highest BCUT2D eigenvalue weighted by Gasteiger charge is 2.54. The number of amides is 4. The zero-order valence-electron chi connectivity index (χ0n) is 27.4. The lowest BCUT2D eigenvalue weighted by Gasteiger charge is -2.49. The largest absolute Gasteiger partial charge is 0.480 e. The van der Waals surface area contributed by atoms with Crippen LogP contribution < -0.4 is 38.9 Å². The molecule has 0 bridgehead atoms. The van der Waals surface area contributed by atoms with Crippen molar-refractivity contribution in [2.45, 2.75) is 80.2 Å². The van der Waals surface area contributed by atoms with Crippen LogP contribution in [-0.4, -0.2) is 152 Å². The first-order valence-corrected chi connectivity index (χ1v) is 16.7. The molecule has 2 aliphatic rings. The zero-order chi connectivity index (χ0) is 38.4. The number of thioether (sulfide) groups is 1. The Bertz CT molecular complexity index is 1380. The summed E-state index contributed by atoms with van der Waals surface area (Å²) in [4.78, 5) is 90.6. The summed E-state index contributed by atoms with van der Waals surface area (Å²) in [5.41, 5.74) is 21.1. The van der Waals surface area contributed by atoms with Crippen molar-refractivity contribution >= 4 is 59.3 Å². The van der Waals surface area contributed by atoms with Gasteiger partial charge in [-0.2, -0.15) is 0 Å². The van der Waals surface area contributed by atoms with Gasteiger partial charge in [-0.15, -0.1) is 11.8 Å². The van der Waals surface area contributed by atoms with Crippen LogP contribution in [0.25, 0.3) is 0 Å². The molecule has 0 aromatic rings. The standard InChI is InChI=1S/C28H45N9O13S/c29-13(26(46)47)3-1-5-18(41)36-20-24(45)37-21(27(48)49)12(11-51-25(20)37)10-50-19(42)7-17(40)15(4-2-6-33-28(31)32)34-23(44)16(9-39)35-22(43)14(30)8-38/h13-17,20,25,38-40H,1-11,29-30H2,(H,34,44)(H,35,43)(H,36,41)(H,46,47)(H,48,49)(H4,31,32,33)/t13-,14+,15+,16+,17-,20-,25-/m1/s1. The Labute approximate surface area is 295 Å². The molecule has 2 rings (SSSR count). The van der Waals surface area contributed by atoms with Crippen LogP contribution in [0, 0.1) is 0 Å². The normalized spacial score (nSPS) is 19.6. The number of β-lactam (4-membered cyclic amide) rings is 1. The molecule has 1 saturated heterocycles. The van der Waals surface area contributed by atoms with Crippen molar-refractivity contribution in [2.24, 2.45) is 27.9 Å². The van der Waals surface area contributed by atoms with Gasteiger partial charge < -0.3 is 69.2 Å². The van der Waals surface area contributed by atoms with Crippen molar-refractivity contribution in [3.8, 4) is 0 Å². The van der Waals surface area contributed by atoms with Gasteiger partial charge in [0.2, 0.25) is 17.7 Å². The van der Waals surface area contributed by atoms with Gasteiger partial charge in [-0.3, -0.25) is 38.7 Å². The molecule has 0 saturated carbocycles. The minimum absolute atomic E-state index is 0.00340. The van der Waals surface area contributed by atoms with Gasteiger partial charge >= 0.3 is 17.9 Å². The summed E-state index contributed by atoms with van der Waals surface area (Å²) in [6.45, 7) is -2.08. The molecule has 16 N–H and O–H groups in total. The molecule has 23 heteroatoms. The number of fused-ring (bicyclic) bond motifs is 1. The third kappa shape index (κ3) is 12.6. The van der Waals surface area contributed by atoms with Crippen molar-refractivity contribution in [3.05, 3.63) is 11.3 Å². The quantitative estimate of drug-likeness (QED) is 0.0161. The molecule has 0 aromatic carbocycles. The maximum Gasteiger partial charge on any atom is 0.352 e. The predicted molar refractivity (Wildman–Crippen MR) is 177 cm³/mol. The number of nitrogens with two attached hydrogens (primary N) is 4. The van der Waals surface area contributed by atoms with Crippen molar-refractivity contribution in [3.63, 3.8) is 0 Å². The van der Waals surface area contributed by atoms with Gasteiger partial charge in [0.1, 0.15) is 41.8 Å². The number of aliphatic imine (C=N–C) groups is 1. The number of carbonyl (C=O) groups excluding carboxylic acids is 5. The second-order valence-electron chi connectivity index (χ2n) is 11.6. The Hall–Kier alpha value is -4.55. The Morgan fingerprint density at radius 3 is 2.25 bits per heavy atom. The Balaban J connectivity index is 2.04. The molecule has 0 unspecified atom stereocenters. The molecule has 0 aliphatic carbocycles. The Kier molecular flexibility index (Phi) is 17.0. The highest BCUT2D eigenvalue weighted by molar-refractivity contribution is 8.00. The van der Waals surface area contributed by atoms with Gasteiger partial charge in [-0.05, 0) is 25.7 Å². The average molecular weight is 748 g/mol. The number of carbonyl (C=O) groups is 7. The van der Waals surface area contributed by atoms with Crippen LogP contribution in [0.3, 0.4) is 0 Å². The lowest BCUT2D eigenvalue weighted by molar-refractivity contribution is -0.151. The fraction of sp³-hybridized carbons (Fsp3) is 0.643. The van der Waals surface area contributed by atoms with Crippen LogP contribution >= 0.6 is 11.8 Å². The molecular formula is C28H45N9O13S. The van der Waals surface area contributed by atoms with E-state index in [-0.39, 0.29) is 55.9 Å². The summed E-state index contributed by atoms with van der Waals surface area (Å²) in [7, 11) is 0. The van der Waals surface area contributed by atoms with Crippen LogP contribution in [0.4, 0.5) is 0 Å². The number of ether oxygens (including phenoxy) is 1. The molecule has 7 atom stereocenters. The lowest BCUT2D eigenvalue weighted by atomic mass is 10.0. The molecule has 286 valence electrons. The van der Waals surface area contributed by atoms with E-state index in [4.69, 9.17) is 37.9 Å². The summed E-state index contributed by atoms with van der Waals surface area (Å²) >= 11 is 1.11. The van der Waals surface area contributed by atoms with Crippen LogP contribution in [0.1, 0.15) is 38.5 Å². The van der Waals surface area contributed by atoms with Crippen molar-refractivity contribution in [1.29, 1.82) is 0 Å². The molecule has 2 aliphatic heterocycles. The topological polar surface area (TPSA) is 386 Å². The highest BCUT2D eigenvalue weighted by Crippen LogP contribution is 2.40. The van der Waals surface area contributed by atoms with E-state index < -0.39 is 115 Å². The second-order valence-corrected chi connectivity index (χ2v) is 12.7. The maximum absolute atomic E-state index is 12.9. The van der Waals surface area contributed by atoms with E-state index in [0.29, 0.717) is 0 Å². The fourth-order valence-electron chi connectivity index (χ4n) is 4.90. The summed E-state index contributed by atoms with van der Waals surface area (Å²) in [5, 5.41) is 54.6. The number of esters is 1. The third-order valence-corrected chi connectivity index (χ3v) is 9.03. The number of rotatable bonds is 22. The van der Waals surface area contributed by atoms with Gasteiger partial charge in [-0.1, -0.05) is 0 Å². The number of aliphatic hydroxyl groups excluding tert-OH is 3. The van der Waals surface area contributed by atoms with Gasteiger partial charge in [0, 0.05) is 24.3 Å².